The number of aryl methyl sites for hydroxylation is 1. The number of aromatic carboxylic acids is 1. The SMILES string of the molecule is Cc1cc2c(cc1F)c(C(=O)O)c(-c1ccc(S(=O)(=O)NC3(C(F)(F)F)CC3)cn1)n2C1CCCCC1. The largest absolute Gasteiger partial charge is 0.478 e. The Labute approximate surface area is 210 Å². The van der Waals surface area contributed by atoms with Gasteiger partial charge in [0.05, 0.1) is 22.5 Å². The van der Waals surface area contributed by atoms with Crippen LogP contribution >= 0.6 is 0 Å². The average Bonchev–Trinajstić information content (AvgIpc) is 3.55. The van der Waals surface area contributed by atoms with Crippen molar-refractivity contribution in [2.75, 3.05) is 0 Å². The lowest BCUT2D eigenvalue weighted by Gasteiger charge is -2.26. The van der Waals surface area contributed by atoms with Crippen LogP contribution in [0.15, 0.2) is 35.4 Å². The van der Waals surface area contributed by atoms with Crippen molar-refractivity contribution >= 4 is 26.9 Å². The van der Waals surface area contributed by atoms with E-state index in [0.29, 0.717) is 11.1 Å². The third-order valence-corrected chi connectivity index (χ3v) is 8.87. The number of aromatic nitrogens is 2. The maximum Gasteiger partial charge on any atom is 0.407 e. The Morgan fingerprint density at radius 2 is 1.84 bits per heavy atom. The fraction of sp³-hybridized carbons (Fsp3) is 0.440. The first-order valence-corrected chi connectivity index (χ1v) is 13.5. The Morgan fingerprint density at radius 1 is 1.16 bits per heavy atom. The lowest BCUT2D eigenvalue weighted by atomic mass is 9.94. The van der Waals surface area contributed by atoms with Gasteiger partial charge in [0.25, 0.3) is 0 Å². The topological polar surface area (TPSA) is 101 Å². The van der Waals surface area contributed by atoms with E-state index in [-0.39, 0.29) is 41.2 Å². The molecule has 0 unspecified atom stereocenters. The Kier molecular flexibility index (Phi) is 6.10. The molecule has 2 heterocycles. The van der Waals surface area contributed by atoms with Gasteiger partial charge in [0.1, 0.15) is 16.3 Å². The number of hydrogen-bond donors (Lipinski definition) is 2. The fourth-order valence-corrected chi connectivity index (χ4v) is 6.58. The van der Waals surface area contributed by atoms with Crippen LogP contribution in [0.2, 0.25) is 0 Å². The van der Waals surface area contributed by atoms with Gasteiger partial charge in [-0.1, -0.05) is 19.3 Å². The first kappa shape index (κ1) is 25.7. The lowest BCUT2D eigenvalue weighted by Crippen LogP contribution is -2.47. The Bertz CT molecular complexity index is 1490. The number of hydrogen-bond acceptors (Lipinski definition) is 4. The molecule has 7 nitrogen and oxygen atoms in total. The van der Waals surface area contributed by atoms with E-state index in [1.807, 2.05) is 4.57 Å². The molecular formula is C25H25F4N3O4S. The van der Waals surface area contributed by atoms with E-state index >= 15 is 0 Å². The van der Waals surface area contributed by atoms with Crippen LogP contribution in [-0.2, 0) is 10.0 Å². The van der Waals surface area contributed by atoms with Crippen LogP contribution in [0.25, 0.3) is 22.3 Å². The fourth-order valence-electron chi connectivity index (χ4n) is 5.18. The van der Waals surface area contributed by atoms with Gasteiger partial charge in [-0.15, -0.1) is 0 Å². The second kappa shape index (κ2) is 8.80. The highest BCUT2D eigenvalue weighted by Gasteiger charge is 2.65. The van der Waals surface area contributed by atoms with E-state index < -0.39 is 38.4 Å². The third-order valence-electron chi connectivity index (χ3n) is 7.35. The quantitative estimate of drug-likeness (QED) is 0.390. The predicted octanol–water partition coefficient (Wildman–Crippen LogP) is 5.73. The summed E-state index contributed by atoms with van der Waals surface area (Å²) in [5, 5.41) is 10.3. The molecule has 0 amide bonds. The van der Waals surface area contributed by atoms with Crippen molar-refractivity contribution in [2.24, 2.45) is 0 Å². The Morgan fingerprint density at radius 3 is 2.38 bits per heavy atom. The van der Waals surface area contributed by atoms with Crippen molar-refractivity contribution in [1.82, 2.24) is 14.3 Å². The number of halogens is 4. The number of pyridine rings is 1. The minimum Gasteiger partial charge on any atom is -0.478 e. The van der Waals surface area contributed by atoms with Gasteiger partial charge in [0.15, 0.2) is 0 Å². The molecule has 0 spiro atoms. The van der Waals surface area contributed by atoms with Gasteiger partial charge in [-0.05, 0) is 62.4 Å². The summed E-state index contributed by atoms with van der Waals surface area (Å²) in [5.41, 5.74) is -1.40. The van der Waals surface area contributed by atoms with Crippen LogP contribution in [-0.4, -0.2) is 40.8 Å². The minimum absolute atomic E-state index is 0.0717. The van der Waals surface area contributed by atoms with E-state index in [9.17, 15) is 35.9 Å². The van der Waals surface area contributed by atoms with Crippen LogP contribution in [0.3, 0.4) is 0 Å². The summed E-state index contributed by atoms with van der Waals surface area (Å²) in [6.45, 7) is 1.59. The molecule has 2 aromatic heterocycles. The number of nitrogens with zero attached hydrogens (tertiary/aromatic N) is 2. The van der Waals surface area contributed by atoms with Crippen molar-refractivity contribution in [3.63, 3.8) is 0 Å². The number of rotatable bonds is 6. The zero-order valence-electron chi connectivity index (χ0n) is 19.9. The first-order valence-electron chi connectivity index (χ1n) is 12.0. The van der Waals surface area contributed by atoms with Crippen LogP contribution in [0, 0.1) is 12.7 Å². The summed E-state index contributed by atoms with van der Waals surface area (Å²) in [5.74, 6) is -1.85. The van der Waals surface area contributed by atoms with Gasteiger partial charge in [-0.3, -0.25) is 4.98 Å². The Hall–Kier alpha value is -2.99. The first-order chi connectivity index (χ1) is 17.3. The molecule has 0 atom stereocenters. The van der Waals surface area contributed by atoms with Crippen LogP contribution < -0.4 is 4.72 Å². The summed E-state index contributed by atoms with van der Waals surface area (Å²) in [6, 6.07) is 5.11. The summed E-state index contributed by atoms with van der Waals surface area (Å²) in [7, 11) is -4.54. The number of benzene rings is 1. The van der Waals surface area contributed by atoms with Crippen molar-refractivity contribution in [2.45, 2.75) is 74.5 Å². The predicted molar refractivity (Wildman–Crippen MR) is 127 cm³/mol. The van der Waals surface area contributed by atoms with E-state index in [0.717, 1.165) is 44.4 Å². The molecule has 2 N–H and O–H groups in total. The zero-order chi connectivity index (χ0) is 26.8. The summed E-state index contributed by atoms with van der Waals surface area (Å²) in [4.78, 5) is 16.1. The van der Waals surface area contributed by atoms with Crippen molar-refractivity contribution in [3.05, 3.63) is 47.4 Å². The molecule has 3 aromatic rings. The lowest BCUT2D eigenvalue weighted by molar-refractivity contribution is -0.160. The Balaban J connectivity index is 1.64. The molecule has 2 saturated carbocycles. The molecule has 0 bridgehead atoms. The molecule has 12 heteroatoms. The highest BCUT2D eigenvalue weighted by molar-refractivity contribution is 7.89. The second-order valence-electron chi connectivity index (χ2n) is 9.87. The van der Waals surface area contributed by atoms with Gasteiger partial charge in [-0.25, -0.2) is 17.6 Å². The number of carboxylic acid groups (broad SMARTS) is 1. The molecule has 2 fully saturated rings. The molecule has 2 aliphatic carbocycles. The van der Waals surface area contributed by atoms with Crippen LogP contribution in [0.5, 0.6) is 0 Å². The number of carbonyl (C=O) groups is 1. The molecule has 0 radical (unpaired) electrons. The number of fused-ring (bicyclic) bond motifs is 1. The highest BCUT2D eigenvalue weighted by Crippen LogP contribution is 2.50. The van der Waals surface area contributed by atoms with Gasteiger partial charge < -0.3 is 9.67 Å². The van der Waals surface area contributed by atoms with Gasteiger partial charge in [-0.2, -0.15) is 17.9 Å². The molecular weight excluding hydrogens is 514 g/mol. The number of sulfonamides is 1. The van der Waals surface area contributed by atoms with Crippen LogP contribution in [0.4, 0.5) is 17.6 Å². The van der Waals surface area contributed by atoms with E-state index in [4.69, 9.17) is 0 Å². The molecule has 5 rings (SSSR count). The normalized spacial score (nSPS) is 18.3. The highest BCUT2D eigenvalue weighted by atomic mass is 32.2. The number of alkyl halides is 3. The summed E-state index contributed by atoms with van der Waals surface area (Å²) >= 11 is 0. The van der Waals surface area contributed by atoms with Gasteiger partial charge in [0, 0.05) is 17.6 Å². The van der Waals surface area contributed by atoms with Gasteiger partial charge in [0.2, 0.25) is 10.0 Å². The van der Waals surface area contributed by atoms with E-state index in [1.165, 1.54) is 12.1 Å². The van der Waals surface area contributed by atoms with E-state index in [1.54, 1.807) is 17.7 Å². The van der Waals surface area contributed by atoms with Crippen molar-refractivity contribution in [3.8, 4) is 11.4 Å². The monoisotopic (exact) mass is 539 g/mol. The zero-order valence-corrected chi connectivity index (χ0v) is 20.7. The maximum atomic E-state index is 14.5. The van der Waals surface area contributed by atoms with Crippen LogP contribution in [0.1, 0.15) is 66.9 Å². The van der Waals surface area contributed by atoms with Crippen molar-refractivity contribution < 1.29 is 35.9 Å². The van der Waals surface area contributed by atoms with Crippen molar-refractivity contribution in [1.29, 1.82) is 0 Å². The second-order valence-corrected chi connectivity index (χ2v) is 11.6. The summed E-state index contributed by atoms with van der Waals surface area (Å²) < 4.78 is 83.4. The summed E-state index contributed by atoms with van der Waals surface area (Å²) in [6.07, 6.45) is -0.0246. The molecule has 0 aliphatic heterocycles. The molecule has 0 saturated heterocycles. The third kappa shape index (κ3) is 4.39. The molecule has 2 aliphatic rings. The average molecular weight is 540 g/mol. The minimum atomic E-state index is -4.72. The maximum absolute atomic E-state index is 14.5. The number of nitrogens with one attached hydrogen (secondary N) is 1. The van der Waals surface area contributed by atoms with E-state index in [2.05, 4.69) is 4.98 Å². The standard InChI is InChI=1S/C25H25F4N3O4S/c1-14-11-20-17(12-18(14)26)21(23(33)34)22(32(20)15-5-3-2-4-6-15)19-8-7-16(13-30-19)37(35,36)31-24(9-10-24)25(27,28)29/h7-8,11-13,15,31H,2-6,9-10H2,1H3,(H,33,34). The molecule has 198 valence electrons. The molecule has 37 heavy (non-hydrogen) atoms. The smallest absolute Gasteiger partial charge is 0.407 e. The van der Waals surface area contributed by atoms with Gasteiger partial charge >= 0.3 is 12.1 Å². The molecule has 1 aromatic carbocycles. The number of carboxylic acids is 1.